The summed E-state index contributed by atoms with van der Waals surface area (Å²) < 4.78 is 0. The van der Waals surface area contributed by atoms with E-state index in [0.717, 1.165) is 5.69 Å². The average molecular weight is 161 g/mol. The van der Waals surface area contributed by atoms with Crippen molar-refractivity contribution in [2.75, 3.05) is 0 Å². The van der Waals surface area contributed by atoms with Gasteiger partial charge in [0.1, 0.15) is 0 Å². The van der Waals surface area contributed by atoms with E-state index in [2.05, 4.69) is 31.8 Å². The third-order valence-corrected chi connectivity index (χ3v) is 1.65. The molecule has 0 aliphatic carbocycles. The van der Waals surface area contributed by atoms with E-state index < -0.39 is 0 Å². The predicted molar refractivity (Wildman–Crippen MR) is 52.7 cm³/mol. The van der Waals surface area contributed by atoms with E-state index in [4.69, 9.17) is 0 Å². The van der Waals surface area contributed by atoms with E-state index in [-0.39, 0.29) is 0 Å². The Morgan fingerprint density at radius 3 is 2.67 bits per heavy atom. The summed E-state index contributed by atoms with van der Waals surface area (Å²) in [4.78, 5) is 4.26. The topological polar surface area (TPSA) is 12.9 Å². The van der Waals surface area contributed by atoms with Crippen LogP contribution in [-0.4, -0.2) is 4.98 Å². The lowest BCUT2D eigenvalue weighted by molar-refractivity contribution is 0.832. The van der Waals surface area contributed by atoms with Crippen LogP contribution in [-0.2, 0) is 0 Å². The Balaban J connectivity index is 2.85. The van der Waals surface area contributed by atoms with Crippen LogP contribution in [0.5, 0.6) is 0 Å². The second-order valence-electron chi connectivity index (χ2n) is 3.31. The molecule has 1 aromatic heterocycles. The van der Waals surface area contributed by atoms with Crippen molar-refractivity contribution < 1.29 is 0 Å². The monoisotopic (exact) mass is 161 g/mol. The first kappa shape index (κ1) is 8.98. The highest BCUT2D eigenvalue weighted by Crippen LogP contribution is 2.12. The number of aromatic nitrogens is 1. The molecule has 0 aliphatic heterocycles. The van der Waals surface area contributed by atoms with Gasteiger partial charge in [0.05, 0.1) is 5.69 Å². The van der Waals surface area contributed by atoms with Crippen LogP contribution < -0.4 is 0 Å². The van der Waals surface area contributed by atoms with Crippen molar-refractivity contribution in [3.8, 4) is 0 Å². The van der Waals surface area contributed by atoms with Crippen molar-refractivity contribution in [2.45, 2.75) is 20.8 Å². The fraction of sp³-hybridized carbons (Fsp3) is 0.364. The van der Waals surface area contributed by atoms with Crippen LogP contribution in [0, 0.1) is 5.92 Å². The maximum Gasteiger partial charge on any atom is 0.0655 e. The van der Waals surface area contributed by atoms with E-state index in [0.29, 0.717) is 5.92 Å². The lowest BCUT2D eigenvalue weighted by Gasteiger charge is -2.01. The molecule has 0 fully saturated rings. The van der Waals surface area contributed by atoms with Gasteiger partial charge in [0, 0.05) is 6.20 Å². The van der Waals surface area contributed by atoms with Gasteiger partial charge in [-0.25, -0.2) is 0 Å². The van der Waals surface area contributed by atoms with Crippen LogP contribution in [0.3, 0.4) is 0 Å². The minimum Gasteiger partial charge on any atom is -0.257 e. The molecule has 12 heavy (non-hydrogen) atoms. The summed E-state index contributed by atoms with van der Waals surface area (Å²) in [5.74, 6) is 0.590. The smallest absolute Gasteiger partial charge is 0.0655 e. The molecule has 0 spiro atoms. The Morgan fingerprint density at radius 1 is 1.42 bits per heavy atom. The quantitative estimate of drug-likeness (QED) is 0.649. The Hall–Kier alpha value is -1.11. The van der Waals surface area contributed by atoms with Gasteiger partial charge in [0.2, 0.25) is 0 Å². The standard InChI is InChI=1S/C11H15N/c1-9(2)8-10(3)11-6-4-5-7-12-11/h4-9H,1-3H3. The number of nitrogens with zero attached hydrogens (tertiary/aromatic N) is 1. The SMILES string of the molecule is CC(=CC(C)C)c1ccccn1. The first-order valence-corrected chi connectivity index (χ1v) is 4.30. The molecular weight excluding hydrogens is 146 g/mol. The molecule has 0 radical (unpaired) electrons. The Kier molecular flexibility index (Phi) is 3.03. The van der Waals surface area contributed by atoms with Crippen molar-refractivity contribution in [2.24, 2.45) is 5.92 Å². The number of hydrogen-bond donors (Lipinski definition) is 0. The lowest BCUT2D eigenvalue weighted by Crippen LogP contribution is -1.87. The van der Waals surface area contributed by atoms with Crippen molar-refractivity contribution in [1.82, 2.24) is 4.98 Å². The van der Waals surface area contributed by atoms with Gasteiger partial charge in [0.25, 0.3) is 0 Å². The summed E-state index contributed by atoms with van der Waals surface area (Å²) in [6.07, 6.45) is 4.05. The highest BCUT2D eigenvalue weighted by atomic mass is 14.7. The molecule has 1 aromatic rings. The van der Waals surface area contributed by atoms with E-state index in [1.165, 1.54) is 5.57 Å². The van der Waals surface area contributed by atoms with E-state index in [1.54, 1.807) is 0 Å². The molecule has 0 aliphatic rings. The van der Waals surface area contributed by atoms with Crippen LogP contribution in [0.1, 0.15) is 26.5 Å². The Labute approximate surface area is 74.2 Å². The zero-order chi connectivity index (χ0) is 8.97. The molecule has 0 unspecified atom stereocenters. The van der Waals surface area contributed by atoms with Gasteiger partial charge in [0.15, 0.2) is 0 Å². The van der Waals surface area contributed by atoms with E-state index in [1.807, 2.05) is 24.4 Å². The molecule has 0 N–H and O–H groups in total. The van der Waals surface area contributed by atoms with Crippen LogP contribution in [0.4, 0.5) is 0 Å². The highest BCUT2D eigenvalue weighted by Gasteiger charge is 1.95. The summed E-state index contributed by atoms with van der Waals surface area (Å²) in [5, 5.41) is 0. The summed E-state index contributed by atoms with van der Waals surface area (Å²) >= 11 is 0. The summed E-state index contributed by atoms with van der Waals surface area (Å²) in [5.41, 5.74) is 2.33. The van der Waals surface area contributed by atoms with Crippen LogP contribution >= 0.6 is 0 Å². The number of hydrogen-bond acceptors (Lipinski definition) is 1. The minimum atomic E-state index is 0.590. The van der Waals surface area contributed by atoms with Gasteiger partial charge < -0.3 is 0 Å². The van der Waals surface area contributed by atoms with Crippen molar-refractivity contribution in [1.29, 1.82) is 0 Å². The summed E-state index contributed by atoms with van der Waals surface area (Å²) in [7, 11) is 0. The summed E-state index contributed by atoms with van der Waals surface area (Å²) in [6.45, 7) is 6.45. The van der Waals surface area contributed by atoms with Crippen LogP contribution in [0.25, 0.3) is 5.57 Å². The normalized spacial score (nSPS) is 12.2. The zero-order valence-corrected chi connectivity index (χ0v) is 7.91. The highest BCUT2D eigenvalue weighted by molar-refractivity contribution is 5.60. The first-order valence-electron chi connectivity index (χ1n) is 4.30. The maximum absolute atomic E-state index is 4.26. The molecule has 0 saturated carbocycles. The van der Waals surface area contributed by atoms with Gasteiger partial charge in [-0.05, 0) is 30.5 Å². The fourth-order valence-corrected chi connectivity index (χ4v) is 1.18. The predicted octanol–water partition coefficient (Wildman–Crippen LogP) is 3.14. The Morgan fingerprint density at radius 2 is 2.17 bits per heavy atom. The largest absolute Gasteiger partial charge is 0.257 e. The maximum atomic E-state index is 4.26. The van der Waals surface area contributed by atoms with Gasteiger partial charge in [-0.3, -0.25) is 4.98 Å². The number of allylic oxidation sites excluding steroid dienone is 2. The number of pyridine rings is 1. The molecule has 1 heterocycles. The van der Waals surface area contributed by atoms with Gasteiger partial charge in [-0.15, -0.1) is 0 Å². The second kappa shape index (κ2) is 4.05. The molecule has 0 aromatic carbocycles. The third kappa shape index (κ3) is 2.50. The molecule has 1 nitrogen and oxygen atoms in total. The van der Waals surface area contributed by atoms with Crippen LogP contribution in [0.15, 0.2) is 30.5 Å². The number of rotatable bonds is 2. The molecule has 1 rings (SSSR count). The lowest BCUT2D eigenvalue weighted by atomic mass is 10.1. The molecular formula is C11H15N. The van der Waals surface area contributed by atoms with Gasteiger partial charge in [-0.2, -0.15) is 0 Å². The van der Waals surface area contributed by atoms with E-state index >= 15 is 0 Å². The molecule has 1 heteroatoms. The van der Waals surface area contributed by atoms with E-state index in [9.17, 15) is 0 Å². The second-order valence-corrected chi connectivity index (χ2v) is 3.31. The fourth-order valence-electron chi connectivity index (χ4n) is 1.18. The molecule has 0 atom stereocenters. The summed E-state index contributed by atoms with van der Waals surface area (Å²) in [6, 6.07) is 5.99. The zero-order valence-electron chi connectivity index (χ0n) is 7.91. The van der Waals surface area contributed by atoms with Crippen LogP contribution in [0.2, 0.25) is 0 Å². The van der Waals surface area contributed by atoms with Crippen molar-refractivity contribution in [3.05, 3.63) is 36.2 Å². The molecule has 0 saturated heterocycles. The average Bonchev–Trinajstić information content (AvgIpc) is 2.05. The van der Waals surface area contributed by atoms with Gasteiger partial charge >= 0.3 is 0 Å². The van der Waals surface area contributed by atoms with Gasteiger partial charge in [-0.1, -0.05) is 26.0 Å². The Bertz CT molecular complexity index is 260. The third-order valence-electron chi connectivity index (χ3n) is 1.65. The van der Waals surface area contributed by atoms with Crippen molar-refractivity contribution in [3.63, 3.8) is 0 Å². The molecule has 64 valence electrons. The molecule has 0 amide bonds. The van der Waals surface area contributed by atoms with Crippen molar-refractivity contribution >= 4 is 5.57 Å². The first-order chi connectivity index (χ1) is 5.70. The molecule has 0 bridgehead atoms. The minimum absolute atomic E-state index is 0.590.